The first-order valence-corrected chi connectivity index (χ1v) is 8.32. The van der Waals surface area contributed by atoms with Crippen molar-refractivity contribution < 1.29 is 10.1 Å². The van der Waals surface area contributed by atoms with Gasteiger partial charge in [-0.25, -0.2) is 4.57 Å². The van der Waals surface area contributed by atoms with Crippen LogP contribution < -0.4 is 4.57 Å². The molecule has 1 nitrogen and oxygen atoms in total. The van der Waals surface area contributed by atoms with Gasteiger partial charge in [0, 0.05) is 22.7 Å². The number of aromatic nitrogens is 1. The molecule has 0 N–H and O–H groups in total. The number of hydrogen-bond acceptors (Lipinski definition) is 0. The summed E-state index contributed by atoms with van der Waals surface area (Å²) in [5.74, 6) is 0. The van der Waals surface area contributed by atoms with Gasteiger partial charge in [-0.15, -0.1) is 0 Å². The smallest absolute Gasteiger partial charge is 0.201 e. The van der Waals surface area contributed by atoms with Crippen LogP contribution in [0.2, 0.25) is 0 Å². The third-order valence-electron chi connectivity index (χ3n) is 4.76. The van der Waals surface area contributed by atoms with Crippen LogP contribution >= 0.6 is 0 Å². The third-order valence-corrected chi connectivity index (χ3v) is 4.76. The van der Waals surface area contributed by atoms with Gasteiger partial charge in [0.15, 0.2) is 6.20 Å². The number of aryl methyl sites for hydroxylation is 5. The minimum absolute atomic E-state index is 0.131. The van der Waals surface area contributed by atoms with Crippen LogP contribution in [0, 0.1) is 13.8 Å². The van der Waals surface area contributed by atoms with E-state index < -0.39 is 12.7 Å². The maximum Gasteiger partial charge on any atom is 0.213 e. The van der Waals surface area contributed by atoms with Crippen molar-refractivity contribution in [2.45, 2.75) is 33.0 Å². The van der Waals surface area contributed by atoms with Crippen LogP contribution in [0.4, 0.5) is 0 Å². The zero-order valence-electron chi connectivity index (χ0n) is 18.4. The second-order valence-electron chi connectivity index (χ2n) is 6.48. The van der Waals surface area contributed by atoms with Gasteiger partial charge in [0.05, 0.1) is 0 Å². The molecule has 1 aliphatic carbocycles. The fraction of sp³-hybridized carbons (Fsp3) is 0.261. The first kappa shape index (κ1) is 11.2. The largest absolute Gasteiger partial charge is 0.213 e. The van der Waals surface area contributed by atoms with Gasteiger partial charge in [0.2, 0.25) is 5.69 Å². The van der Waals surface area contributed by atoms with Crippen LogP contribution in [0.1, 0.15) is 34.2 Å². The molecule has 3 aromatic rings. The minimum Gasteiger partial charge on any atom is -0.201 e. The van der Waals surface area contributed by atoms with E-state index in [1.807, 2.05) is 44.3 Å². The Morgan fingerprint density at radius 3 is 2.33 bits per heavy atom. The van der Waals surface area contributed by atoms with Crippen LogP contribution in [0.15, 0.2) is 54.7 Å². The second-order valence-corrected chi connectivity index (χ2v) is 6.48. The minimum atomic E-state index is -1.66. The summed E-state index contributed by atoms with van der Waals surface area (Å²) in [6.07, 6.45) is -1.33. The molecule has 4 rings (SSSR count). The van der Waals surface area contributed by atoms with Gasteiger partial charge in [0.1, 0.15) is 7.05 Å². The van der Waals surface area contributed by atoms with Gasteiger partial charge >= 0.3 is 0 Å². The standard InChI is InChI=1S/C23H24N/c1-16-12-19-10-7-11-20(19)13-22(16)23-14-21(17(2)15-24(23)3)18-8-5-4-6-9-18/h4-6,8-9,12-15H,7,10-11H2,1-3H3/q+1/i10D2,11D2. The Morgan fingerprint density at radius 2 is 1.58 bits per heavy atom. The zero-order valence-corrected chi connectivity index (χ0v) is 14.4. The van der Waals surface area contributed by atoms with Crippen molar-refractivity contribution >= 4 is 0 Å². The average Bonchev–Trinajstić information content (AvgIpc) is 2.79. The predicted molar refractivity (Wildman–Crippen MR) is 100.0 cm³/mol. The zero-order chi connectivity index (χ0) is 20.3. The van der Waals surface area contributed by atoms with Gasteiger partial charge in [-0.1, -0.05) is 36.4 Å². The molecule has 0 spiro atoms. The van der Waals surface area contributed by atoms with Crippen molar-refractivity contribution in [1.82, 2.24) is 0 Å². The molecule has 0 bridgehead atoms. The summed E-state index contributed by atoms with van der Waals surface area (Å²) in [7, 11) is 2.00. The predicted octanol–water partition coefficient (Wildman–Crippen LogP) is 4.95. The number of fused-ring (bicyclic) bond motifs is 1. The van der Waals surface area contributed by atoms with Crippen LogP contribution in [0.5, 0.6) is 0 Å². The van der Waals surface area contributed by atoms with E-state index in [2.05, 4.69) is 35.9 Å². The molecule has 0 atom stereocenters. The van der Waals surface area contributed by atoms with E-state index in [0.29, 0.717) is 11.1 Å². The lowest BCUT2D eigenvalue weighted by molar-refractivity contribution is -0.660. The number of hydrogen-bond donors (Lipinski definition) is 0. The molecule has 0 saturated carbocycles. The molecule has 2 aromatic carbocycles. The fourth-order valence-corrected chi connectivity index (χ4v) is 3.49. The van der Waals surface area contributed by atoms with Gasteiger partial charge in [0.25, 0.3) is 0 Å². The van der Waals surface area contributed by atoms with E-state index in [1.165, 1.54) is 5.56 Å². The second kappa shape index (κ2) is 5.90. The van der Waals surface area contributed by atoms with E-state index in [9.17, 15) is 0 Å². The van der Waals surface area contributed by atoms with Gasteiger partial charge in [-0.3, -0.25) is 0 Å². The summed E-state index contributed by atoms with van der Waals surface area (Å²) in [5.41, 5.74) is 7.31. The number of benzene rings is 2. The summed E-state index contributed by atoms with van der Waals surface area (Å²) in [6, 6.07) is 16.1. The highest BCUT2D eigenvalue weighted by atomic mass is 14.9. The Kier molecular flexibility index (Phi) is 2.75. The number of nitrogens with zero attached hydrogens (tertiary/aromatic N) is 1. The van der Waals surface area contributed by atoms with Crippen LogP contribution in [-0.4, -0.2) is 0 Å². The Labute approximate surface area is 150 Å². The van der Waals surface area contributed by atoms with Crippen molar-refractivity contribution in [2.24, 2.45) is 7.05 Å². The van der Waals surface area contributed by atoms with E-state index in [0.717, 1.165) is 27.9 Å². The molecule has 0 radical (unpaired) electrons. The average molecular weight is 318 g/mol. The van der Waals surface area contributed by atoms with Crippen LogP contribution in [0.3, 0.4) is 0 Å². The monoisotopic (exact) mass is 318 g/mol. The van der Waals surface area contributed by atoms with Gasteiger partial charge in [-0.05, 0) is 66.9 Å². The first-order chi connectivity index (χ1) is 13.1. The maximum absolute atomic E-state index is 8.34. The van der Waals surface area contributed by atoms with Crippen molar-refractivity contribution in [3.8, 4) is 22.4 Å². The highest BCUT2D eigenvalue weighted by molar-refractivity contribution is 5.73. The first-order valence-electron chi connectivity index (χ1n) is 10.3. The van der Waals surface area contributed by atoms with Gasteiger partial charge in [-0.2, -0.15) is 0 Å². The van der Waals surface area contributed by atoms with Crippen molar-refractivity contribution in [2.75, 3.05) is 0 Å². The highest BCUT2D eigenvalue weighted by Crippen LogP contribution is 2.32. The lowest BCUT2D eigenvalue weighted by Gasteiger charge is -2.11. The van der Waals surface area contributed by atoms with E-state index >= 15 is 0 Å². The Balaban J connectivity index is 1.94. The molecule has 1 aliphatic rings. The molecule has 0 aliphatic heterocycles. The van der Waals surface area contributed by atoms with Crippen molar-refractivity contribution in [3.63, 3.8) is 0 Å². The molecular weight excluding hydrogens is 290 g/mol. The summed E-state index contributed by atoms with van der Waals surface area (Å²) < 4.78 is 35.2. The maximum atomic E-state index is 8.34. The van der Waals surface area contributed by atoms with E-state index in [4.69, 9.17) is 5.48 Å². The quantitative estimate of drug-likeness (QED) is 0.589. The molecule has 0 saturated heterocycles. The normalized spacial score (nSPS) is 19.8. The summed E-state index contributed by atoms with van der Waals surface area (Å²) in [5, 5.41) is 0. The molecule has 1 heteroatoms. The lowest BCUT2D eigenvalue weighted by Crippen LogP contribution is -2.31. The summed E-state index contributed by atoms with van der Waals surface area (Å²) >= 11 is 0. The van der Waals surface area contributed by atoms with Crippen molar-refractivity contribution in [1.29, 1.82) is 0 Å². The van der Waals surface area contributed by atoms with Crippen LogP contribution in [-0.2, 0) is 19.8 Å². The topological polar surface area (TPSA) is 3.88 Å². The Morgan fingerprint density at radius 1 is 0.875 bits per heavy atom. The highest BCUT2D eigenvalue weighted by Gasteiger charge is 2.20. The van der Waals surface area contributed by atoms with Crippen LogP contribution in [0.25, 0.3) is 22.4 Å². The Bertz CT molecular complexity index is 1070. The Hall–Kier alpha value is -2.41. The van der Waals surface area contributed by atoms with E-state index in [-0.39, 0.29) is 6.42 Å². The van der Waals surface area contributed by atoms with Gasteiger partial charge < -0.3 is 0 Å². The molecule has 0 unspecified atom stereocenters. The lowest BCUT2D eigenvalue weighted by atomic mass is 9.95. The molecule has 0 fully saturated rings. The van der Waals surface area contributed by atoms with Crippen molar-refractivity contribution in [3.05, 3.63) is 77.0 Å². The number of rotatable bonds is 2. The molecule has 0 amide bonds. The summed E-state index contributed by atoms with van der Waals surface area (Å²) in [4.78, 5) is 0. The fourth-order valence-electron chi connectivity index (χ4n) is 3.49. The third kappa shape index (κ3) is 2.54. The van der Waals surface area contributed by atoms with E-state index in [1.54, 1.807) is 0 Å². The molecular formula is C23H24N+. The SMILES string of the molecule is [2H]C1([2H])CC([2H])([2H])c2cc(-c3cc(-c4ccccc4)c(C)c[n+]3C)c(C)cc21. The molecule has 1 aromatic heterocycles. The number of pyridine rings is 1. The summed E-state index contributed by atoms with van der Waals surface area (Å²) in [6.45, 7) is 4.07. The molecule has 24 heavy (non-hydrogen) atoms. The molecule has 120 valence electrons. The molecule has 1 heterocycles.